The zero-order chi connectivity index (χ0) is 26.6. The van der Waals surface area contributed by atoms with Crippen molar-refractivity contribution in [3.63, 3.8) is 0 Å². The standard InChI is InChI=1S/C32H35NO4/c1-5-31(34)36-20-8-11-26-15-18-28(19-16-26)33(30-17-14-24(3)25(4)22-30)29-13-7-10-27(23-29)12-9-21-37-32(35)6-2/h5-7,10,13-19,22-23H,1-2,8-9,11-12,20-21H2,3-4H3. The second kappa shape index (κ2) is 13.8. The Hall–Kier alpha value is -4.12. The largest absolute Gasteiger partial charge is 0.463 e. The summed E-state index contributed by atoms with van der Waals surface area (Å²) in [6.07, 6.45) is 5.48. The van der Waals surface area contributed by atoms with Crippen LogP contribution in [0.25, 0.3) is 0 Å². The van der Waals surface area contributed by atoms with Crippen molar-refractivity contribution in [2.75, 3.05) is 18.1 Å². The van der Waals surface area contributed by atoms with Crippen molar-refractivity contribution >= 4 is 29.0 Å². The monoisotopic (exact) mass is 497 g/mol. The molecular formula is C32H35NO4. The van der Waals surface area contributed by atoms with Gasteiger partial charge in [-0.05, 0) is 98.2 Å². The van der Waals surface area contributed by atoms with Gasteiger partial charge in [0.25, 0.3) is 0 Å². The molecule has 0 N–H and O–H groups in total. The molecule has 0 saturated heterocycles. The molecule has 0 radical (unpaired) electrons. The van der Waals surface area contributed by atoms with Crippen LogP contribution in [0.4, 0.5) is 17.1 Å². The summed E-state index contributed by atoms with van der Waals surface area (Å²) in [6, 6.07) is 23.5. The number of anilines is 3. The number of benzene rings is 3. The van der Waals surface area contributed by atoms with Crippen molar-refractivity contribution < 1.29 is 19.1 Å². The minimum absolute atomic E-state index is 0.365. The van der Waals surface area contributed by atoms with Gasteiger partial charge >= 0.3 is 11.9 Å². The molecule has 0 aromatic heterocycles. The Morgan fingerprint density at radius 3 is 1.86 bits per heavy atom. The molecule has 0 saturated carbocycles. The maximum atomic E-state index is 11.3. The van der Waals surface area contributed by atoms with Gasteiger partial charge in [-0.2, -0.15) is 0 Å². The lowest BCUT2D eigenvalue weighted by molar-refractivity contribution is -0.138. The normalized spacial score (nSPS) is 10.4. The summed E-state index contributed by atoms with van der Waals surface area (Å²) >= 11 is 0. The van der Waals surface area contributed by atoms with Crippen molar-refractivity contribution in [3.05, 3.63) is 114 Å². The number of aryl methyl sites for hydroxylation is 4. The average Bonchev–Trinajstić information content (AvgIpc) is 2.92. The van der Waals surface area contributed by atoms with Crippen LogP contribution in [0.1, 0.15) is 35.1 Å². The van der Waals surface area contributed by atoms with Gasteiger partial charge in [0, 0.05) is 29.2 Å². The Morgan fingerprint density at radius 1 is 0.703 bits per heavy atom. The summed E-state index contributed by atoms with van der Waals surface area (Å²) in [7, 11) is 0. The Labute approximate surface area is 220 Å². The Morgan fingerprint density at radius 2 is 1.27 bits per heavy atom. The van der Waals surface area contributed by atoms with Crippen LogP contribution >= 0.6 is 0 Å². The van der Waals surface area contributed by atoms with E-state index in [-0.39, 0.29) is 5.97 Å². The van der Waals surface area contributed by atoms with Crippen molar-refractivity contribution in [2.45, 2.75) is 39.5 Å². The lowest BCUT2D eigenvalue weighted by Gasteiger charge is -2.27. The minimum Gasteiger partial charge on any atom is -0.463 e. The molecule has 3 aromatic rings. The van der Waals surface area contributed by atoms with Gasteiger partial charge in [-0.15, -0.1) is 0 Å². The van der Waals surface area contributed by atoms with E-state index >= 15 is 0 Å². The van der Waals surface area contributed by atoms with E-state index < -0.39 is 5.97 Å². The van der Waals surface area contributed by atoms with Crippen LogP contribution in [0.15, 0.2) is 92.0 Å². The molecule has 192 valence electrons. The van der Waals surface area contributed by atoms with Crippen LogP contribution in [0.2, 0.25) is 0 Å². The number of rotatable bonds is 13. The van der Waals surface area contributed by atoms with E-state index in [4.69, 9.17) is 9.47 Å². The highest BCUT2D eigenvalue weighted by atomic mass is 16.5. The van der Waals surface area contributed by atoms with Crippen molar-refractivity contribution in [1.82, 2.24) is 0 Å². The quantitative estimate of drug-likeness (QED) is 0.143. The van der Waals surface area contributed by atoms with E-state index in [1.54, 1.807) is 0 Å². The van der Waals surface area contributed by atoms with Gasteiger partial charge in [-0.25, -0.2) is 9.59 Å². The lowest BCUT2D eigenvalue weighted by Crippen LogP contribution is -2.11. The fourth-order valence-electron chi connectivity index (χ4n) is 3.99. The number of carbonyl (C=O) groups is 2. The molecule has 0 aliphatic heterocycles. The predicted octanol–water partition coefficient (Wildman–Crippen LogP) is 7.10. The van der Waals surface area contributed by atoms with Gasteiger partial charge in [0.1, 0.15) is 0 Å². The topological polar surface area (TPSA) is 55.8 Å². The molecule has 3 rings (SSSR count). The molecule has 5 heteroatoms. The Kier molecular flexibility index (Phi) is 10.3. The molecule has 0 fully saturated rings. The molecule has 5 nitrogen and oxygen atoms in total. The Bertz CT molecular complexity index is 1230. The van der Waals surface area contributed by atoms with Gasteiger partial charge < -0.3 is 14.4 Å². The van der Waals surface area contributed by atoms with E-state index in [2.05, 4.69) is 98.6 Å². The first-order valence-electron chi connectivity index (χ1n) is 12.5. The zero-order valence-corrected chi connectivity index (χ0v) is 21.7. The van der Waals surface area contributed by atoms with E-state index in [0.717, 1.165) is 42.7 Å². The molecule has 0 heterocycles. The molecule has 3 aromatic carbocycles. The molecule has 0 aliphatic carbocycles. The highest BCUT2D eigenvalue weighted by Gasteiger charge is 2.14. The Balaban J connectivity index is 1.80. The number of hydrogen-bond acceptors (Lipinski definition) is 5. The van der Waals surface area contributed by atoms with Crippen LogP contribution in [-0.4, -0.2) is 25.2 Å². The molecule has 0 atom stereocenters. The van der Waals surface area contributed by atoms with Gasteiger partial charge in [0.05, 0.1) is 13.2 Å². The third kappa shape index (κ3) is 8.21. The molecule has 0 spiro atoms. The summed E-state index contributed by atoms with van der Waals surface area (Å²) in [5, 5.41) is 0. The van der Waals surface area contributed by atoms with Gasteiger partial charge in [0.2, 0.25) is 0 Å². The first-order chi connectivity index (χ1) is 17.9. The number of hydrogen-bond donors (Lipinski definition) is 0. The second-order valence-corrected chi connectivity index (χ2v) is 8.89. The third-order valence-electron chi connectivity index (χ3n) is 6.15. The van der Waals surface area contributed by atoms with E-state index in [1.807, 2.05) is 0 Å². The summed E-state index contributed by atoms with van der Waals surface area (Å²) in [5.74, 6) is -0.782. The van der Waals surface area contributed by atoms with Crippen molar-refractivity contribution in [3.8, 4) is 0 Å². The van der Waals surface area contributed by atoms with Crippen LogP contribution in [0.3, 0.4) is 0 Å². The first kappa shape index (κ1) is 27.5. The average molecular weight is 498 g/mol. The third-order valence-corrected chi connectivity index (χ3v) is 6.15. The van der Waals surface area contributed by atoms with E-state index in [0.29, 0.717) is 13.2 Å². The maximum Gasteiger partial charge on any atom is 0.330 e. The summed E-state index contributed by atoms with van der Waals surface area (Å²) in [5.41, 5.74) is 8.04. The van der Waals surface area contributed by atoms with E-state index in [9.17, 15) is 9.59 Å². The van der Waals surface area contributed by atoms with Crippen LogP contribution in [-0.2, 0) is 31.9 Å². The number of carbonyl (C=O) groups excluding carboxylic acids is 2. The molecule has 37 heavy (non-hydrogen) atoms. The summed E-state index contributed by atoms with van der Waals surface area (Å²) in [6.45, 7) is 11.8. The zero-order valence-electron chi connectivity index (χ0n) is 21.7. The van der Waals surface area contributed by atoms with Gasteiger partial charge in [-0.1, -0.05) is 43.5 Å². The lowest BCUT2D eigenvalue weighted by atomic mass is 10.0. The fourth-order valence-corrected chi connectivity index (χ4v) is 3.99. The highest BCUT2D eigenvalue weighted by Crippen LogP contribution is 2.36. The molecule has 0 unspecified atom stereocenters. The molecular weight excluding hydrogens is 462 g/mol. The molecule has 0 amide bonds. The van der Waals surface area contributed by atoms with Gasteiger partial charge in [-0.3, -0.25) is 0 Å². The van der Waals surface area contributed by atoms with E-state index in [1.165, 1.54) is 34.4 Å². The smallest absolute Gasteiger partial charge is 0.330 e. The number of esters is 2. The maximum absolute atomic E-state index is 11.3. The predicted molar refractivity (Wildman–Crippen MR) is 150 cm³/mol. The first-order valence-corrected chi connectivity index (χ1v) is 12.5. The second-order valence-electron chi connectivity index (χ2n) is 8.89. The van der Waals surface area contributed by atoms with Crippen LogP contribution in [0, 0.1) is 13.8 Å². The minimum atomic E-state index is -0.393. The van der Waals surface area contributed by atoms with Gasteiger partial charge in [0.15, 0.2) is 0 Å². The van der Waals surface area contributed by atoms with Crippen molar-refractivity contribution in [2.24, 2.45) is 0 Å². The summed E-state index contributed by atoms with van der Waals surface area (Å²) in [4.78, 5) is 24.8. The fraction of sp³-hybridized carbons (Fsp3) is 0.250. The number of ether oxygens (including phenoxy) is 2. The SMILES string of the molecule is C=CC(=O)OCCCc1ccc(N(c2cccc(CCCOC(=O)C=C)c2)c2ccc(C)c(C)c2)cc1. The van der Waals surface area contributed by atoms with Crippen LogP contribution in [0.5, 0.6) is 0 Å². The van der Waals surface area contributed by atoms with Crippen LogP contribution < -0.4 is 4.90 Å². The van der Waals surface area contributed by atoms with Crippen molar-refractivity contribution in [1.29, 1.82) is 0 Å². The highest BCUT2D eigenvalue weighted by molar-refractivity contribution is 5.81. The molecule has 0 bridgehead atoms. The summed E-state index contributed by atoms with van der Waals surface area (Å²) < 4.78 is 10.2. The number of nitrogens with zero attached hydrogens (tertiary/aromatic N) is 1. The molecule has 0 aliphatic rings.